The van der Waals surface area contributed by atoms with Gasteiger partial charge in [0, 0.05) is 18.9 Å². The van der Waals surface area contributed by atoms with Crippen LogP contribution >= 0.6 is 0 Å². The lowest BCUT2D eigenvalue weighted by atomic mass is 9.79. The minimum atomic E-state index is -0.146. The van der Waals surface area contributed by atoms with Gasteiger partial charge in [0.2, 0.25) is 5.91 Å². The zero-order chi connectivity index (χ0) is 11.9. The Morgan fingerprint density at radius 2 is 2.41 bits per heavy atom. The van der Waals surface area contributed by atoms with Crippen LogP contribution in [0.1, 0.15) is 31.9 Å². The average Bonchev–Trinajstić information content (AvgIpc) is 2.85. The lowest BCUT2D eigenvalue weighted by molar-refractivity contribution is -0.114. The first-order valence-electron chi connectivity index (χ1n) is 6.14. The van der Waals surface area contributed by atoms with E-state index in [0.717, 1.165) is 31.7 Å². The summed E-state index contributed by atoms with van der Waals surface area (Å²) in [6.07, 6.45) is 5.30. The molecule has 2 fully saturated rings. The second-order valence-corrected chi connectivity index (χ2v) is 5.12. The first-order chi connectivity index (χ1) is 8.18. The van der Waals surface area contributed by atoms with Gasteiger partial charge in [-0.3, -0.25) is 10.1 Å². The van der Waals surface area contributed by atoms with Crippen LogP contribution < -0.4 is 5.32 Å². The number of carbonyl (C=O) groups is 1. The molecule has 2 aliphatic heterocycles. The van der Waals surface area contributed by atoms with Crippen molar-refractivity contribution in [2.24, 2.45) is 0 Å². The average molecular weight is 235 g/mol. The topological polar surface area (TPSA) is 58.4 Å². The van der Waals surface area contributed by atoms with Gasteiger partial charge < -0.3 is 9.32 Å². The highest BCUT2D eigenvalue weighted by Gasteiger charge is 2.44. The predicted octanol–water partition coefficient (Wildman–Crippen LogP) is 1.37. The summed E-state index contributed by atoms with van der Waals surface area (Å²) in [6.45, 7) is 4.88. The van der Waals surface area contributed by atoms with Gasteiger partial charge in [-0.25, -0.2) is 4.98 Å². The van der Waals surface area contributed by atoms with Gasteiger partial charge >= 0.3 is 6.01 Å². The van der Waals surface area contributed by atoms with Crippen LogP contribution in [-0.2, 0) is 10.2 Å². The van der Waals surface area contributed by atoms with Crippen LogP contribution in [0.4, 0.5) is 6.01 Å². The van der Waals surface area contributed by atoms with E-state index in [1.165, 1.54) is 19.9 Å². The molecular weight excluding hydrogens is 218 g/mol. The number of hydrogen-bond donors (Lipinski definition) is 1. The molecule has 17 heavy (non-hydrogen) atoms. The normalized spacial score (nSPS) is 31.5. The Morgan fingerprint density at radius 1 is 1.53 bits per heavy atom. The Labute approximate surface area is 100 Å². The summed E-state index contributed by atoms with van der Waals surface area (Å²) in [5, 5.41) is 2.59. The summed E-state index contributed by atoms with van der Waals surface area (Å²) in [5.74, 6) is 0.788. The number of nitrogens with zero attached hydrogens (tertiary/aromatic N) is 2. The van der Waals surface area contributed by atoms with E-state index in [0.29, 0.717) is 6.01 Å². The first kappa shape index (κ1) is 10.8. The number of carbonyl (C=O) groups excluding carboxylic acids is 1. The molecule has 2 aliphatic rings. The fourth-order valence-corrected chi connectivity index (χ4v) is 3.05. The maximum Gasteiger partial charge on any atom is 0.301 e. The van der Waals surface area contributed by atoms with Crippen molar-refractivity contribution in [3.8, 4) is 0 Å². The minimum Gasteiger partial charge on any atom is -0.428 e. The van der Waals surface area contributed by atoms with Crippen LogP contribution in [0.3, 0.4) is 0 Å². The lowest BCUT2D eigenvalue weighted by Gasteiger charge is -2.31. The number of amides is 1. The molecule has 0 aliphatic carbocycles. The van der Waals surface area contributed by atoms with E-state index in [9.17, 15) is 4.79 Å². The van der Waals surface area contributed by atoms with Crippen molar-refractivity contribution in [2.75, 3.05) is 25.0 Å². The van der Waals surface area contributed by atoms with E-state index in [1.54, 1.807) is 6.20 Å². The smallest absolute Gasteiger partial charge is 0.301 e. The molecule has 1 N–H and O–H groups in total. The fraction of sp³-hybridized carbons (Fsp3) is 0.667. The van der Waals surface area contributed by atoms with Gasteiger partial charge in [0.25, 0.3) is 0 Å². The van der Waals surface area contributed by atoms with Crippen molar-refractivity contribution in [3.05, 3.63) is 12.0 Å². The first-order valence-corrected chi connectivity index (χ1v) is 6.14. The minimum absolute atomic E-state index is 0.141. The highest BCUT2D eigenvalue weighted by atomic mass is 16.4. The number of fused-ring (bicyclic) bond motifs is 2. The number of anilines is 1. The number of aromatic nitrogens is 1. The van der Waals surface area contributed by atoms with Crippen LogP contribution in [-0.4, -0.2) is 35.4 Å². The summed E-state index contributed by atoms with van der Waals surface area (Å²) >= 11 is 0. The summed E-state index contributed by atoms with van der Waals surface area (Å²) in [6, 6.07) is 0.325. The second kappa shape index (κ2) is 3.84. The van der Waals surface area contributed by atoms with Crippen molar-refractivity contribution in [1.82, 2.24) is 9.88 Å². The van der Waals surface area contributed by atoms with Gasteiger partial charge in [-0.2, -0.15) is 0 Å². The van der Waals surface area contributed by atoms with E-state index in [1.807, 2.05) is 0 Å². The summed E-state index contributed by atoms with van der Waals surface area (Å²) < 4.78 is 5.69. The highest BCUT2D eigenvalue weighted by Crippen LogP contribution is 2.42. The summed E-state index contributed by atoms with van der Waals surface area (Å²) in [7, 11) is 0. The SMILES string of the molecule is CC(=O)Nc1ncc(C23CCCN(CC2)C3)o1. The van der Waals surface area contributed by atoms with E-state index < -0.39 is 0 Å². The van der Waals surface area contributed by atoms with Gasteiger partial charge in [0.1, 0.15) is 5.76 Å². The standard InChI is InChI=1S/C12H17N3O2/c1-9(16)14-11-13-7-10(17-11)12-3-2-5-15(8-12)6-4-12/h7H,2-6,8H2,1H3,(H,13,14,16). The molecule has 92 valence electrons. The van der Waals surface area contributed by atoms with Crippen LogP contribution in [0, 0.1) is 0 Å². The van der Waals surface area contributed by atoms with Crippen LogP contribution in [0.25, 0.3) is 0 Å². The van der Waals surface area contributed by atoms with Gasteiger partial charge in [0.05, 0.1) is 6.20 Å². The number of nitrogens with one attached hydrogen (secondary N) is 1. The summed E-state index contributed by atoms with van der Waals surface area (Å²) in [4.78, 5) is 17.5. The fourth-order valence-electron chi connectivity index (χ4n) is 3.05. The number of piperidine rings is 1. The van der Waals surface area contributed by atoms with E-state index in [-0.39, 0.29) is 11.3 Å². The number of rotatable bonds is 2. The molecule has 2 saturated heterocycles. The molecule has 1 aromatic heterocycles. The van der Waals surface area contributed by atoms with Crippen molar-refractivity contribution in [1.29, 1.82) is 0 Å². The van der Waals surface area contributed by atoms with Gasteiger partial charge in [0.15, 0.2) is 0 Å². The molecule has 3 heterocycles. The van der Waals surface area contributed by atoms with Gasteiger partial charge in [-0.05, 0) is 32.4 Å². The number of hydrogen-bond acceptors (Lipinski definition) is 4. The van der Waals surface area contributed by atoms with Crippen LogP contribution in [0.2, 0.25) is 0 Å². The van der Waals surface area contributed by atoms with Crippen LogP contribution in [0.15, 0.2) is 10.6 Å². The largest absolute Gasteiger partial charge is 0.428 e. The van der Waals surface area contributed by atoms with Crippen molar-refractivity contribution >= 4 is 11.9 Å². The zero-order valence-electron chi connectivity index (χ0n) is 10.0. The Hall–Kier alpha value is -1.36. The molecule has 3 rings (SSSR count). The molecule has 5 nitrogen and oxygen atoms in total. The van der Waals surface area contributed by atoms with Crippen molar-refractivity contribution in [3.63, 3.8) is 0 Å². The Balaban J connectivity index is 1.83. The quantitative estimate of drug-likeness (QED) is 0.841. The third-order valence-corrected chi connectivity index (χ3v) is 3.87. The Bertz CT molecular complexity index is 439. The van der Waals surface area contributed by atoms with Crippen molar-refractivity contribution < 1.29 is 9.21 Å². The molecule has 2 bridgehead atoms. The lowest BCUT2D eigenvalue weighted by Crippen LogP contribution is -2.36. The summed E-state index contributed by atoms with van der Waals surface area (Å²) in [5.41, 5.74) is 0.141. The highest BCUT2D eigenvalue weighted by molar-refractivity contribution is 5.86. The molecule has 0 spiro atoms. The molecule has 1 aromatic rings. The van der Waals surface area contributed by atoms with Gasteiger partial charge in [-0.1, -0.05) is 0 Å². The van der Waals surface area contributed by atoms with E-state index >= 15 is 0 Å². The maximum absolute atomic E-state index is 10.9. The molecule has 0 radical (unpaired) electrons. The molecule has 2 unspecified atom stereocenters. The van der Waals surface area contributed by atoms with Gasteiger partial charge in [-0.15, -0.1) is 0 Å². The third-order valence-electron chi connectivity index (χ3n) is 3.87. The molecule has 0 aromatic carbocycles. The molecular formula is C12H17N3O2. The van der Waals surface area contributed by atoms with Crippen LogP contribution in [0.5, 0.6) is 0 Å². The Morgan fingerprint density at radius 3 is 3.24 bits per heavy atom. The predicted molar refractivity (Wildman–Crippen MR) is 62.8 cm³/mol. The maximum atomic E-state index is 10.9. The molecule has 2 atom stereocenters. The van der Waals surface area contributed by atoms with E-state index in [2.05, 4.69) is 15.2 Å². The molecule has 0 saturated carbocycles. The Kier molecular flexibility index (Phi) is 2.43. The monoisotopic (exact) mass is 235 g/mol. The third kappa shape index (κ3) is 1.84. The zero-order valence-corrected chi connectivity index (χ0v) is 10.0. The molecule has 5 heteroatoms. The van der Waals surface area contributed by atoms with E-state index in [4.69, 9.17) is 4.42 Å². The number of oxazole rings is 1. The van der Waals surface area contributed by atoms with Crippen molar-refractivity contribution in [2.45, 2.75) is 31.6 Å². The molecule has 1 amide bonds. The second-order valence-electron chi connectivity index (χ2n) is 5.12.